The van der Waals surface area contributed by atoms with Crippen molar-refractivity contribution in [3.8, 4) is 0 Å². The Morgan fingerprint density at radius 2 is 0.875 bits per heavy atom. The van der Waals surface area contributed by atoms with Crippen LogP contribution in [0.4, 0.5) is 0 Å². The van der Waals surface area contributed by atoms with Crippen LogP contribution >= 0.6 is 7.82 Å². The number of rotatable bonds is 48. The molecule has 2 atom stereocenters. The molecular weight excluding hydrogens is 818 g/mol. The van der Waals surface area contributed by atoms with Crippen molar-refractivity contribution in [1.29, 1.82) is 0 Å². The van der Waals surface area contributed by atoms with Gasteiger partial charge < -0.3 is 27.9 Å². The minimum absolute atomic E-state index is 0.0106. The molecule has 0 heterocycles. The minimum atomic E-state index is -4.55. The van der Waals surface area contributed by atoms with Crippen LogP contribution in [0.15, 0.2) is 72.9 Å². The maximum atomic E-state index is 12.7. The monoisotopic (exact) mass is 918 g/mol. The Labute approximate surface area is 395 Å². The standard InChI is InChI=1S/C55H100NO7P/c1-6-8-10-12-14-16-18-20-22-24-26-27-28-29-31-33-35-37-39-41-43-45-47-50-60-52-54(53-62-64(58,59)61-51-49-56(3,4)5)63-55(57)48-46-44-42-40-38-36-34-32-30-25-23-21-19-17-15-13-11-9-7-2/h9,11,15,17,21,23,30,32,36,38,42,44,54H,6-8,10,12-14,16,18-20,22,24-29,31,33-35,37,39-41,43,45-53H2,1-5H3/b11-9-,17-15-,23-21-,32-30-,38-36-,44-42-. The van der Waals surface area contributed by atoms with Gasteiger partial charge in [0.2, 0.25) is 0 Å². The molecule has 0 aromatic carbocycles. The summed E-state index contributed by atoms with van der Waals surface area (Å²) >= 11 is 0. The van der Waals surface area contributed by atoms with E-state index in [1.165, 1.54) is 135 Å². The summed E-state index contributed by atoms with van der Waals surface area (Å²) in [5.74, 6) is -0.414. The van der Waals surface area contributed by atoms with Crippen LogP contribution in [-0.2, 0) is 27.9 Å². The van der Waals surface area contributed by atoms with Crippen LogP contribution in [0.2, 0.25) is 0 Å². The topological polar surface area (TPSA) is 94.1 Å². The molecule has 0 fully saturated rings. The summed E-state index contributed by atoms with van der Waals surface area (Å²) < 4.78 is 34.6. The first-order valence-corrected chi connectivity index (χ1v) is 27.6. The third kappa shape index (κ3) is 50.9. The molecule has 0 radical (unpaired) electrons. The summed E-state index contributed by atoms with van der Waals surface area (Å²) in [6, 6.07) is 0. The van der Waals surface area contributed by atoms with Gasteiger partial charge in [0.15, 0.2) is 0 Å². The lowest BCUT2D eigenvalue weighted by Gasteiger charge is -2.28. The number of phosphoric ester groups is 1. The van der Waals surface area contributed by atoms with E-state index in [0.29, 0.717) is 24.1 Å². The van der Waals surface area contributed by atoms with E-state index >= 15 is 0 Å². The van der Waals surface area contributed by atoms with Crippen LogP contribution in [0.1, 0.15) is 213 Å². The zero-order valence-corrected chi connectivity index (χ0v) is 43.1. The third-order valence-electron chi connectivity index (χ3n) is 11.0. The number of allylic oxidation sites excluding steroid dienone is 12. The number of hydrogen-bond acceptors (Lipinski definition) is 7. The van der Waals surface area contributed by atoms with Gasteiger partial charge in [-0.05, 0) is 51.4 Å². The number of carbonyl (C=O) groups excluding carboxylic acids is 1. The average molecular weight is 918 g/mol. The summed E-state index contributed by atoms with van der Waals surface area (Å²) in [4.78, 5) is 25.1. The fourth-order valence-corrected chi connectivity index (χ4v) is 7.77. The number of nitrogens with zero attached hydrogens (tertiary/aromatic N) is 1. The highest BCUT2D eigenvalue weighted by molar-refractivity contribution is 7.45. The molecule has 0 bridgehead atoms. The van der Waals surface area contributed by atoms with Crippen LogP contribution in [0.25, 0.3) is 0 Å². The second-order valence-corrected chi connectivity index (χ2v) is 19.9. The van der Waals surface area contributed by atoms with Gasteiger partial charge in [0.25, 0.3) is 7.82 Å². The van der Waals surface area contributed by atoms with Crippen molar-refractivity contribution >= 4 is 13.8 Å². The molecule has 0 saturated carbocycles. The van der Waals surface area contributed by atoms with Gasteiger partial charge in [-0.2, -0.15) is 0 Å². The summed E-state index contributed by atoms with van der Waals surface area (Å²) in [5.41, 5.74) is 0. The summed E-state index contributed by atoms with van der Waals surface area (Å²) in [6.45, 7) is 5.22. The smallest absolute Gasteiger partial charge is 0.306 e. The number of esters is 1. The van der Waals surface area contributed by atoms with Crippen LogP contribution in [0.5, 0.6) is 0 Å². The van der Waals surface area contributed by atoms with Crippen molar-refractivity contribution in [3.05, 3.63) is 72.9 Å². The predicted octanol–water partition coefficient (Wildman–Crippen LogP) is 15.6. The van der Waals surface area contributed by atoms with Crippen molar-refractivity contribution in [3.63, 3.8) is 0 Å². The highest BCUT2D eigenvalue weighted by Gasteiger charge is 2.20. The van der Waals surface area contributed by atoms with Crippen LogP contribution in [0.3, 0.4) is 0 Å². The van der Waals surface area contributed by atoms with Gasteiger partial charge in [-0.15, -0.1) is 0 Å². The molecule has 64 heavy (non-hydrogen) atoms. The van der Waals surface area contributed by atoms with E-state index in [-0.39, 0.29) is 26.2 Å². The molecule has 2 unspecified atom stereocenters. The van der Waals surface area contributed by atoms with Crippen molar-refractivity contribution in [2.75, 3.05) is 54.1 Å². The van der Waals surface area contributed by atoms with Crippen molar-refractivity contribution in [2.24, 2.45) is 0 Å². The molecule has 0 aliphatic rings. The van der Waals surface area contributed by atoms with Gasteiger partial charge in [-0.25, -0.2) is 0 Å². The van der Waals surface area contributed by atoms with Gasteiger partial charge >= 0.3 is 5.97 Å². The fourth-order valence-electron chi connectivity index (χ4n) is 7.04. The number of quaternary nitrogens is 1. The molecular formula is C55H100NO7P. The lowest BCUT2D eigenvalue weighted by atomic mass is 10.0. The molecule has 0 spiro atoms. The zero-order valence-electron chi connectivity index (χ0n) is 42.2. The number of phosphoric acid groups is 1. The van der Waals surface area contributed by atoms with Crippen LogP contribution in [0, 0.1) is 0 Å². The zero-order chi connectivity index (χ0) is 46.9. The second kappa shape index (κ2) is 47.4. The van der Waals surface area contributed by atoms with E-state index in [0.717, 1.165) is 51.4 Å². The third-order valence-corrected chi connectivity index (χ3v) is 12.0. The molecule has 372 valence electrons. The Morgan fingerprint density at radius 3 is 1.27 bits per heavy atom. The first-order chi connectivity index (χ1) is 31.1. The Balaban J connectivity index is 4.21. The van der Waals surface area contributed by atoms with E-state index in [1.54, 1.807) is 0 Å². The molecule has 8 nitrogen and oxygen atoms in total. The highest BCUT2D eigenvalue weighted by Crippen LogP contribution is 2.38. The lowest BCUT2D eigenvalue weighted by Crippen LogP contribution is -2.37. The molecule has 0 aromatic rings. The largest absolute Gasteiger partial charge is 0.756 e. The first kappa shape index (κ1) is 61.9. The van der Waals surface area contributed by atoms with Crippen LogP contribution in [-0.4, -0.2) is 70.7 Å². The molecule has 0 aromatic heterocycles. The van der Waals surface area contributed by atoms with Gasteiger partial charge in [0.1, 0.15) is 19.3 Å². The van der Waals surface area contributed by atoms with Crippen molar-refractivity contribution in [1.82, 2.24) is 0 Å². The summed E-state index contributed by atoms with van der Waals surface area (Å²) in [6.07, 6.45) is 62.4. The molecule has 9 heteroatoms. The fraction of sp³-hybridized carbons (Fsp3) is 0.764. The van der Waals surface area contributed by atoms with E-state index < -0.39 is 19.9 Å². The Hall–Kier alpha value is -2.06. The van der Waals surface area contributed by atoms with Crippen molar-refractivity contribution in [2.45, 2.75) is 219 Å². The number of likely N-dealkylation sites (N-methyl/N-ethyl adjacent to an activating group) is 1. The van der Waals surface area contributed by atoms with E-state index in [9.17, 15) is 14.3 Å². The summed E-state index contributed by atoms with van der Waals surface area (Å²) in [7, 11) is 1.31. The molecule has 0 aliphatic carbocycles. The quantitative estimate of drug-likeness (QED) is 0.0197. The molecule has 0 rings (SSSR count). The number of unbranched alkanes of at least 4 members (excludes halogenated alkanes) is 22. The molecule has 0 amide bonds. The Bertz CT molecular complexity index is 1250. The normalized spacial score (nSPS) is 14.2. The van der Waals surface area contributed by atoms with Crippen molar-refractivity contribution < 1.29 is 37.3 Å². The van der Waals surface area contributed by atoms with E-state index in [1.807, 2.05) is 33.3 Å². The van der Waals surface area contributed by atoms with E-state index in [4.69, 9.17) is 18.5 Å². The minimum Gasteiger partial charge on any atom is -0.756 e. The lowest BCUT2D eigenvalue weighted by molar-refractivity contribution is -0.870. The maximum absolute atomic E-state index is 12.7. The Kier molecular flexibility index (Phi) is 45.9. The van der Waals surface area contributed by atoms with Gasteiger partial charge in [0.05, 0.1) is 34.4 Å². The molecule has 0 aliphatic heterocycles. The number of carbonyl (C=O) groups is 1. The van der Waals surface area contributed by atoms with Gasteiger partial charge in [-0.3, -0.25) is 9.36 Å². The predicted molar refractivity (Wildman–Crippen MR) is 272 cm³/mol. The highest BCUT2D eigenvalue weighted by atomic mass is 31.2. The SMILES string of the molecule is CC/C=C\C/C=C\C/C=C\C/C=C\C/C=C\C/C=C\CCC(=O)OC(COCCCCCCCCCCCCCCCCCCCCCCCCC)COP(=O)([O-])OCC[N+](C)(C)C. The molecule has 0 saturated heterocycles. The molecule has 0 N–H and O–H groups in total. The first-order valence-electron chi connectivity index (χ1n) is 26.2. The van der Waals surface area contributed by atoms with Gasteiger partial charge in [-0.1, -0.05) is 228 Å². The average Bonchev–Trinajstić information content (AvgIpc) is 3.25. The maximum Gasteiger partial charge on any atom is 0.306 e. The summed E-state index contributed by atoms with van der Waals surface area (Å²) in [5, 5.41) is 0. The number of ether oxygens (including phenoxy) is 2. The van der Waals surface area contributed by atoms with Crippen LogP contribution < -0.4 is 4.89 Å². The second-order valence-electron chi connectivity index (χ2n) is 18.5. The Morgan fingerprint density at radius 1 is 0.500 bits per heavy atom. The van der Waals surface area contributed by atoms with Gasteiger partial charge in [0, 0.05) is 13.0 Å². The van der Waals surface area contributed by atoms with E-state index in [2.05, 4.69) is 74.6 Å². The number of hydrogen-bond donors (Lipinski definition) is 0.